The molecule has 148 valence electrons. The fraction of sp³-hybridized carbons (Fsp3) is 0.474. The van der Waals surface area contributed by atoms with Gasteiger partial charge in [0.25, 0.3) is 0 Å². The normalized spacial score (nSPS) is 15.4. The van der Waals surface area contributed by atoms with Crippen molar-refractivity contribution in [1.29, 1.82) is 0 Å². The van der Waals surface area contributed by atoms with E-state index in [2.05, 4.69) is 44.3 Å². The number of aryl methyl sites for hydroxylation is 1. The monoisotopic (exact) mass is 485 g/mol. The largest absolute Gasteiger partial charge is 0.496 e. The summed E-state index contributed by atoms with van der Waals surface area (Å²) in [6.45, 7) is 7.49. The van der Waals surface area contributed by atoms with Crippen LogP contribution in [0.5, 0.6) is 5.75 Å². The number of piperazine rings is 1. The zero-order chi connectivity index (χ0) is 18.4. The number of aromatic nitrogens is 1. The van der Waals surface area contributed by atoms with Crippen molar-refractivity contribution < 1.29 is 9.26 Å². The minimum Gasteiger partial charge on any atom is -0.496 e. The molecule has 1 N–H and O–H groups in total. The van der Waals surface area contributed by atoms with Crippen LogP contribution >= 0.6 is 24.0 Å². The van der Waals surface area contributed by atoms with Crippen LogP contribution < -0.4 is 10.1 Å². The van der Waals surface area contributed by atoms with Crippen molar-refractivity contribution in [1.82, 2.24) is 20.3 Å². The van der Waals surface area contributed by atoms with Gasteiger partial charge in [-0.1, -0.05) is 17.3 Å². The van der Waals surface area contributed by atoms with Crippen LogP contribution in [0.1, 0.15) is 16.8 Å². The van der Waals surface area contributed by atoms with Gasteiger partial charge in [0.2, 0.25) is 0 Å². The summed E-state index contributed by atoms with van der Waals surface area (Å²) >= 11 is 0. The summed E-state index contributed by atoms with van der Waals surface area (Å²) in [5, 5.41) is 7.46. The fourth-order valence-electron chi connectivity index (χ4n) is 3.23. The number of nitrogens with one attached hydrogen (secondary N) is 1. The number of rotatable bonds is 5. The lowest BCUT2D eigenvalue weighted by atomic mass is 10.1. The molecule has 0 spiro atoms. The molecule has 1 aromatic heterocycles. The van der Waals surface area contributed by atoms with Gasteiger partial charge in [-0.15, -0.1) is 24.0 Å². The van der Waals surface area contributed by atoms with E-state index in [1.807, 2.05) is 19.2 Å². The van der Waals surface area contributed by atoms with Gasteiger partial charge in [0.1, 0.15) is 12.0 Å². The van der Waals surface area contributed by atoms with Crippen molar-refractivity contribution in [3.05, 3.63) is 47.3 Å². The van der Waals surface area contributed by atoms with E-state index in [0.717, 1.165) is 62.2 Å². The molecule has 2 heterocycles. The molecular formula is C19H28IN5O2. The van der Waals surface area contributed by atoms with Gasteiger partial charge in [0, 0.05) is 52.4 Å². The standard InChI is InChI=1S/C19H27N5O2.HI/c1-15-12-16(4-5-18(15)25-3)13-21-19(20-2)24-9-7-23(8-10-24)14-17-6-11-26-22-17;/h4-6,11-12H,7-10,13-14H2,1-3H3,(H,20,21);1H. The second-order valence-electron chi connectivity index (χ2n) is 6.46. The Morgan fingerprint density at radius 1 is 1.26 bits per heavy atom. The number of hydrogen-bond acceptors (Lipinski definition) is 5. The lowest BCUT2D eigenvalue weighted by molar-refractivity contribution is 0.169. The molecule has 8 heteroatoms. The molecular weight excluding hydrogens is 457 g/mol. The van der Waals surface area contributed by atoms with E-state index in [-0.39, 0.29) is 24.0 Å². The van der Waals surface area contributed by atoms with Crippen LogP contribution in [0.2, 0.25) is 0 Å². The summed E-state index contributed by atoms with van der Waals surface area (Å²) in [5.41, 5.74) is 3.34. The highest BCUT2D eigenvalue weighted by Gasteiger charge is 2.20. The predicted octanol–water partition coefficient (Wildman–Crippen LogP) is 2.50. The molecule has 0 saturated carbocycles. The number of aliphatic imine (C=N–C) groups is 1. The predicted molar refractivity (Wildman–Crippen MR) is 117 cm³/mol. The number of hydrogen-bond donors (Lipinski definition) is 1. The molecule has 0 amide bonds. The number of halogens is 1. The topological polar surface area (TPSA) is 66.1 Å². The molecule has 27 heavy (non-hydrogen) atoms. The highest BCUT2D eigenvalue weighted by atomic mass is 127. The van der Waals surface area contributed by atoms with Gasteiger partial charge >= 0.3 is 0 Å². The van der Waals surface area contributed by atoms with Gasteiger partial charge in [-0.2, -0.15) is 0 Å². The van der Waals surface area contributed by atoms with Gasteiger partial charge in [-0.05, 0) is 24.1 Å². The van der Waals surface area contributed by atoms with E-state index in [4.69, 9.17) is 9.26 Å². The summed E-state index contributed by atoms with van der Waals surface area (Å²) < 4.78 is 10.2. The molecule has 0 radical (unpaired) electrons. The number of benzene rings is 1. The average Bonchev–Trinajstić information content (AvgIpc) is 3.16. The van der Waals surface area contributed by atoms with Gasteiger partial charge in [-0.3, -0.25) is 9.89 Å². The smallest absolute Gasteiger partial charge is 0.194 e. The molecule has 1 aromatic carbocycles. The molecule has 1 aliphatic heterocycles. The number of ether oxygens (including phenoxy) is 1. The Hall–Kier alpha value is -1.81. The van der Waals surface area contributed by atoms with Crippen LogP contribution in [-0.4, -0.2) is 61.3 Å². The van der Waals surface area contributed by atoms with E-state index in [0.29, 0.717) is 0 Å². The molecule has 0 atom stereocenters. The molecule has 3 rings (SSSR count). The molecule has 1 aliphatic rings. The molecule has 0 bridgehead atoms. The third-order valence-electron chi connectivity index (χ3n) is 4.67. The van der Waals surface area contributed by atoms with Crippen molar-refractivity contribution in [2.24, 2.45) is 4.99 Å². The van der Waals surface area contributed by atoms with Crippen LogP contribution in [-0.2, 0) is 13.1 Å². The summed E-state index contributed by atoms with van der Waals surface area (Å²) in [6, 6.07) is 8.17. The van der Waals surface area contributed by atoms with Crippen molar-refractivity contribution in [3.63, 3.8) is 0 Å². The van der Waals surface area contributed by atoms with Gasteiger partial charge in [0.15, 0.2) is 5.96 Å². The summed E-state index contributed by atoms with van der Waals surface area (Å²) in [5.74, 6) is 1.86. The second-order valence-corrected chi connectivity index (χ2v) is 6.46. The first-order valence-electron chi connectivity index (χ1n) is 8.90. The molecule has 0 unspecified atom stereocenters. The summed E-state index contributed by atoms with van der Waals surface area (Å²) in [7, 11) is 3.54. The highest BCUT2D eigenvalue weighted by Crippen LogP contribution is 2.18. The van der Waals surface area contributed by atoms with Crippen LogP contribution in [0.4, 0.5) is 0 Å². The Morgan fingerprint density at radius 2 is 2.04 bits per heavy atom. The first kappa shape index (κ1) is 21.5. The molecule has 1 saturated heterocycles. The van der Waals surface area contributed by atoms with Crippen LogP contribution in [0.25, 0.3) is 0 Å². The van der Waals surface area contributed by atoms with Crippen LogP contribution in [0.15, 0.2) is 40.0 Å². The number of methoxy groups -OCH3 is 1. The lowest BCUT2D eigenvalue weighted by Crippen LogP contribution is -2.52. The Morgan fingerprint density at radius 3 is 2.63 bits per heavy atom. The van der Waals surface area contributed by atoms with Gasteiger partial charge < -0.3 is 19.5 Å². The van der Waals surface area contributed by atoms with E-state index in [1.54, 1.807) is 13.4 Å². The highest BCUT2D eigenvalue weighted by molar-refractivity contribution is 14.0. The third kappa shape index (κ3) is 5.83. The number of guanidine groups is 1. The van der Waals surface area contributed by atoms with Crippen molar-refractivity contribution in [2.45, 2.75) is 20.0 Å². The minimum atomic E-state index is 0. The Balaban J connectivity index is 0.00000261. The second kappa shape index (κ2) is 10.5. The lowest BCUT2D eigenvalue weighted by Gasteiger charge is -2.36. The SMILES string of the molecule is CN=C(NCc1ccc(OC)c(C)c1)N1CCN(Cc2ccon2)CC1.I. The number of nitrogens with zero attached hydrogens (tertiary/aromatic N) is 4. The van der Waals surface area contributed by atoms with E-state index < -0.39 is 0 Å². The maximum Gasteiger partial charge on any atom is 0.194 e. The summed E-state index contributed by atoms with van der Waals surface area (Å²) in [6.07, 6.45) is 1.62. The third-order valence-corrected chi connectivity index (χ3v) is 4.67. The fourth-order valence-corrected chi connectivity index (χ4v) is 3.23. The summed E-state index contributed by atoms with van der Waals surface area (Å²) in [4.78, 5) is 9.13. The quantitative estimate of drug-likeness (QED) is 0.399. The molecule has 0 aliphatic carbocycles. The van der Waals surface area contributed by atoms with Crippen LogP contribution in [0, 0.1) is 6.92 Å². The van der Waals surface area contributed by atoms with Crippen molar-refractivity contribution >= 4 is 29.9 Å². The first-order chi connectivity index (χ1) is 12.7. The zero-order valence-electron chi connectivity index (χ0n) is 16.1. The minimum absolute atomic E-state index is 0. The molecule has 7 nitrogen and oxygen atoms in total. The average molecular weight is 485 g/mol. The Labute approximate surface area is 177 Å². The van der Waals surface area contributed by atoms with Gasteiger partial charge in [-0.25, -0.2) is 0 Å². The van der Waals surface area contributed by atoms with Crippen molar-refractivity contribution in [2.75, 3.05) is 40.3 Å². The van der Waals surface area contributed by atoms with E-state index in [1.165, 1.54) is 5.56 Å². The maximum atomic E-state index is 5.32. The van der Waals surface area contributed by atoms with Crippen molar-refractivity contribution in [3.8, 4) is 5.75 Å². The van der Waals surface area contributed by atoms with E-state index >= 15 is 0 Å². The first-order valence-corrected chi connectivity index (χ1v) is 8.90. The Bertz CT molecular complexity index is 728. The Kier molecular flexibility index (Phi) is 8.36. The van der Waals surface area contributed by atoms with E-state index in [9.17, 15) is 0 Å². The molecule has 1 fully saturated rings. The molecule has 2 aromatic rings. The van der Waals surface area contributed by atoms with Crippen LogP contribution in [0.3, 0.4) is 0 Å². The van der Waals surface area contributed by atoms with Gasteiger partial charge in [0.05, 0.1) is 12.8 Å². The maximum absolute atomic E-state index is 5.32. The zero-order valence-corrected chi connectivity index (χ0v) is 18.5.